The summed E-state index contributed by atoms with van der Waals surface area (Å²) in [5.74, 6) is 0. The molecule has 1 fully saturated rings. The van der Waals surface area contributed by atoms with Crippen LogP contribution in [-0.2, 0) is 4.74 Å². The molecule has 2 aliphatic rings. The monoisotopic (exact) mass is 360 g/mol. The molecular formula is C18H21ClN4O2. The molecule has 1 aliphatic heterocycles. The smallest absolute Gasteiger partial charge is 0.332 e. The number of carbonyl (C=O) groups excluding carboxylic acids is 1. The number of primary amides is 1. The summed E-state index contributed by atoms with van der Waals surface area (Å²) in [6.45, 7) is 3.10. The first kappa shape index (κ1) is 17.5. The van der Waals surface area contributed by atoms with E-state index in [-0.39, 0.29) is 0 Å². The Balaban J connectivity index is 1.90. The van der Waals surface area contributed by atoms with E-state index in [9.17, 15) is 4.79 Å². The van der Waals surface area contributed by atoms with Crippen molar-refractivity contribution in [2.75, 3.05) is 26.3 Å². The number of hydrogen-bond acceptors (Lipinski definition) is 4. The van der Waals surface area contributed by atoms with Crippen LogP contribution < -0.4 is 11.2 Å². The van der Waals surface area contributed by atoms with E-state index in [2.05, 4.69) is 21.5 Å². The average Bonchev–Trinajstić information content (AvgIpc) is 3.00. The Hall–Kier alpha value is -2.31. The summed E-state index contributed by atoms with van der Waals surface area (Å²) < 4.78 is 5.47. The lowest BCUT2D eigenvalue weighted by molar-refractivity contribution is 0.0548. The molecule has 0 aromatic heterocycles. The number of hydrazone groups is 1. The second-order valence-corrected chi connectivity index (χ2v) is 6.37. The Morgan fingerprint density at radius 2 is 1.96 bits per heavy atom. The van der Waals surface area contributed by atoms with E-state index >= 15 is 0 Å². The van der Waals surface area contributed by atoms with Gasteiger partial charge in [0.1, 0.15) is 0 Å². The maximum atomic E-state index is 10.8. The molecule has 1 heterocycles. The van der Waals surface area contributed by atoms with Crippen molar-refractivity contribution >= 4 is 29.9 Å². The highest BCUT2D eigenvalue weighted by atomic mass is 35.5. The van der Waals surface area contributed by atoms with Crippen molar-refractivity contribution in [3.8, 4) is 0 Å². The fraction of sp³-hybridized carbons (Fsp3) is 0.333. The predicted molar refractivity (Wildman–Crippen MR) is 99.3 cm³/mol. The minimum absolute atomic E-state index is 0.667. The largest absolute Gasteiger partial charge is 0.378 e. The van der Waals surface area contributed by atoms with E-state index in [0.717, 1.165) is 42.1 Å². The Bertz CT molecular complexity index is 719. The van der Waals surface area contributed by atoms with Crippen molar-refractivity contribution in [1.29, 1.82) is 0 Å². The van der Waals surface area contributed by atoms with Gasteiger partial charge >= 0.3 is 6.03 Å². The van der Waals surface area contributed by atoms with Crippen LogP contribution in [0.25, 0.3) is 6.08 Å². The average molecular weight is 361 g/mol. The topological polar surface area (TPSA) is 80.0 Å². The summed E-state index contributed by atoms with van der Waals surface area (Å²) in [5, 5.41) is 4.67. The van der Waals surface area contributed by atoms with Gasteiger partial charge in [0.15, 0.2) is 0 Å². The van der Waals surface area contributed by atoms with E-state index in [1.54, 1.807) is 6.21 Å². The molecule has 6 nitrogen and oxygen atoms in total. The molecule has 1 aromatic carbocycles. The van der Waals surface area contributed by atoms with Crippen LogP contribution in [0.1, 0.15) is 18.4 Å². The summed E-state index contributed by atoms with van der Waals surface area (Å²) in [6, 6.07) is 7.13. The van der Waals surface area contributed by atoms with Crippen molar-refractivity contribution < 1.29 is 9.53 Å². The van der Waals surface area contributed by atoms with Crippen molar-refractivity contribution in [1.82, 2.24) is 10.3 Å². The molecule has 0 atom stereocenters. The fourth-order valence-electron chi connectivity index (χ4n) is 3.11. The number of halogens is 1. The number of urea groups is 1. The van der Waals surface area contributed by atoms with E-state index in [1.165, 1.54) is 11.3 Å². The normalized spacial score (nSPS) is 19.9. The molecular weight excluding hydrogens is 340 g/mol. The number of nitrogens with two attached hydrogens (primary N) is 1. The van der Waals surface area contributed by atoms with Gasteiger partial charge in [-0.05, 0) is 47.8 Å². The fourth-order valence-corrected chi connectivity index (χ4v) is 3.23. The summed E-state index contributed by atoms with van der Waals surface area (Å²) in [5.41, 5.74) is 12.0. The predicted octanol–water partition coefficient (Wildman–Crippen LogP) is 2.76. The van der Waals surface area contributed by atoms with Crippen LogP contribution in [0.4, 0.5) is 4.79 Å². The zero-order chi connectivity index (χ0) is 17.6. The van der Waals surface area contributed by atoms with Gasteiger partial charge in [-0.3, -0.25) is 0 Å². The molecule has 1 aliphatic carbocycles. The van der Waals surface area contributed by atoms with Gasteiger partial charge in [-0.1, -0.05) is 23.7 Å². The van der Waals surface area contributed by atoms with Crippen LogP contribution in [-0.4, -0.2) is 43.4 Å². The van der Waals surface area contributed by atoms with Gasteiger partial charge in [0, 0.05) is 23.8 Å². The second kappa shape index (κ2) is 8.18. The number of allylic oxidation sites excluding steroid dienone is 2. The molecule has 0 saturated carbocycles. The minimum atomic E-state index is -0.667. The number of hydrogen-bond donors (Lipinski definition) is 2. The number of carbonyl (C=O) groups is 1. The van der Waals surface area contributed by atoms with Crippen LogP contribution in [0.2, 0.25) is 5.02 Å². The Kier molecular flexibility index (Phi) is 5.73. The van der Waals surface area contributed by atoms with Crippen molar-refractivity contribution in [3.05, 3.63) is 51.7 Å². The number of morpholine rings is 1. The van der Waals surface area contributed by atoms with E-state index in [1.807, 2.05) is 24.3 Å². The number of rotatable bonds is 4. The van der Waals surface area contributed by atoms with Crippen molar-refractivity contribution in [3.63, 3.8) is 0 Å². The molecule has 132 valence electrons. The van der Waals surface area contributed by atoms with E-state index in [0.29, 0.717) is 13.2 Å². The third-order valence-electron chi connectivity index (χ3n) is 4.21. The number of nitrogens with one attached hydrogen (secondary N) is 1. The lowest BCUT2D eigenvalue weighted by Gasteiger charge is -2.31. The van der Waals surface area contributed by atoms with E-state index in [4.69, 9.17) is 22.1 Å². The maximum absolute atomic E-state index is 10.8. The molecule has 7 heteroatoms. The SMILES string of the molecule is NC(=O)NN=CC1=C(N2CCOCC2)/C(=C/c2ccc(Cl)cc2)CC1. The van der Waals surface area contributed by atoms with Crippen LogP contribution >= 0.6 is 11.6 Å². The van der Waals surface area contributed by atoms with Crippen molar-refractivity contribution in [2.45, 2.75) is 12.8 Å². The van der Waals surface area contributed by atoms with Gasteiger partial charge in [-0.15, -0.1) is 0 Å². The zero-order valence-corrected chi connectivity index (χ0v) is 14.6. The van der Waals surface area contributed by atoms with Crippen LogP contribution in [0, 0.1) is 0 Å². The molecule has 3 rings (SSSR count). The molecule has 1 aromatic rings. The zero-order valence-electron chi connectivity index (χ0n) is 13.9. The van der Waals surface area contributed by atoms with Gasteiger partial charge < -0.3 is 15.4 Å². The van der Waals surface area contributed by atoms with Gasteiger partial charge in [0.05, 0.1) is 19.4 Å². The van der Waals surface area contributed by atoms with Crippen LogP contribution in [0.15, 0.2) is 46.2 Å². The lowest BCUT2D eigenvalue weighted by Crippen LogP contribution is -2.36. The first-order valence-corrected chi connectivity index (χ1v) is 8.62. The Morgan fingerprint density at radius 3 is 2.64 bits per heavy atom. The lowest BCUT2D eigenvalue weighted by atomic mass is 10.1. The molecule has 0 radical (unpaired) electrons. The summed E-state index contributed by atoms with van der Waals surface area (Å²) in [4.78, 5) is 13.1. The number of ether oxygens (including phenoxy) is 1. The molecule has 0 unspecified atom stereocenters. The summed E-state index contributed by atoms with van der Waals surface area (Å²) in [6.07, 6.45) is 5.67. The van der Waals surface area contributed by atoms with Crippen molar-refractivity contribution in [2.24, 2.45) is 10.8 Å². The van der Waals surface area contributed by atoms with Gasteiger partial charge in [-0.25, -0.2) is 10.2 Å². The summed E-state index contributed by atoms with van der Waals surface area (Å²) in [7, 11) is 0. The number of nitrogens with zero attached hydrogens (tertiary/aromatic N) is 2. The Labute approximate surface area is 152 Å². The third kappa shape index (κ3) is 4.61. The standard InChI is InChI=1S/C18H21ClN4O2/c19-16-5-1-13(2-6-16)11-14-3-4-15(12-21-22-18(20)24)17(14)23-7-9-25-10-8-23/h1-2,5-6,11-12H,3-4,7-10H2,(H3,20,22,24)/b14-11+,21-12?. The molecule has 3 N–H and O–H groups in total. The number of benzene rings is 1. The summed E-state index contributed by atoms with van der Waals surface area (Å²) >= 11 is 5.97. The molecule has 0 spiro atoms. The maximum Gasteiger partial charge on any atom is 0.332 e. The third-order valence-corrected chi connectivity index (χ3v) is 4.46. The first-order chi connectivity index (χ1) is 12.1. The molecule has 1 saturated heterocycles. The van der Waals surface area contributed by atoms with E-state index < -0.39 is 6.03 Å². The minimum Gasteiger partial charge on any atom is -0.378 e. The van der Waals surface area contributed by atoms with Gasteiger partial charge in [0.25, 0.3) is 0 Å². The van der Waals surface area contributed by atoms with Crippen LogP contribution in [0.5, 0.6) is 0 Å². The Morgan fingerprint density at radius 1 is 1.24 bits per heavy atom. The van der Waals surface area contributed by atoms with Gasteiger partial charge in [-0.2, -0.15) is 5.10 Å². The first-order valence-electron chi connectivity index (χ1n) is 8.24. The molecule has 25 heavy (non-hydrogen) atoms. The van der Waals surface area contributed by atoms with Gasteiger partial charge in [0.2, 0.25) is 0 Å². The number of amides is 2. The highest BCUT2D eigenvalue weighted by molar-refractivity contribution is 6.30. The van der Waals surface area contributed by atoms with Crippen LogP contribution in [0.3, 0.4) is 0 Å². The second-order valence-electron chi connectivity index (χ2n) is 5.93. The highest BCUT2D eigenvalue weighted by Gasteiger charge is 2.25. The quantitative estimate of drug-likeness (QED) is 0.640. The molecule has 0 bridgehead atoms. The highest BCUT2D eigenvalue weighted by Crippen LogP contribution is 2.35. The molecule has 2 amide bonds.